The first-order valence-electron chi connectivity index (χ1n) is 42.5. The molecule has 3 heterocycles. The standard InChI is InChI=1S/C41H25N3.C39H25N3.C37H23N3/c1-3-11-29-24-31(18-16-26(29)8-1)39-42-40(32-19-17-27-9-2-4-12-30(27)25-32)44-41(43-39)38-15-7-14-34-36-21-20-28-10-5-6-13-33(28)35(36)22-23-37(34)38;1-3-11-26(12-4-1)29-16-9-17-30(25-29)38-40-37(28-14-5-2-6-15-28)41-39(42-38)36-20-10-19-32-34-22-21-27-13-7-8-18-31(27)33(34)23-24-35(32)36;1-2-11-26(12-3-1)35-38-36(28-18-17-24-9-4-5-13-27(24)23-28)40-37(39-35)34-16-8-15-30-32-20-19-25-10-6-7-14-29(25)31(32)21-22-33(30)34/h1-25H;1-25H;1-23H. The highest BCUT2D eigenvalue weighted by atomic mass is 15.1. The quantitative estimate of drug-likeness (QED) is 0.123. The summed E-state index contributed by atoms with van der Waals surface area (Å²) in [5.41, 5.74) is 11.0. The molecule has 3 aromatic heterocycles. The van der Waals surface area contributed by atoms with Crippen LogP contribution in [0.5, 0.6) is 0 Å². The van der Waals surface area contributed by atoms with Crippen molar-refractivity contribution in [2.24, 2.45) is 0 Å². The van der Waals surface area contributed by atoms with Crippen LogP contribution in [0.15, 0.2) is 443 Å². The molecule has 0 saturated carbocycles. The Morgan fingerprint density at radius 3 is 0.643 bits per heavy atom. The fourth-order valence-corrected chi connectivity index (χ4v) is 18.0. The molecular formula is C117H73N9. The zero-order valence-electron chi connectivity index (χ0n) is 68.2. The Balaban J connectivity index is 0.000000109. The van der Waals surface area contributed by atoms with Gasteiger partial charge in [0.25, 0.3) is 0 Å². The summed E-state index contributed by atoms with van der Waals surface area (Å²) in [7, 11) is 0. The topological polar surface area (TPSA) is 116 Å². The van der Waals surface area contributed by atoms with Crippen molar-refractivity contribution < 1.29 is 0 Å². The highest BCUT2D eigenvalue weighted by molar-refractivity contribution is 6.22. The van der Waals surface area contributed by atoms with Crippen LogP contribution in [0.3, 0.4) is 0 Å². The summed E-state index contributed by atoms with van der Waals surface area (Å²) in [6.45, 7) is 0. The summed E-state index contributed by atoms with van der Waals surface area (Å²) in [6, 6.07) is 155. The van der Waals surface area contributed by atoms with E-state index in [0.29, 0.717) is 52.4 Å². The molecular weight excluding hydrogens is 1530 g/mol. The van der Waals surface area contributed by atoms with Crippen molar-refractivity contribution in [2.45, 2.75) is 0 Å². The third-order valence-corrected chi connectivity index (χ3v) is 24.3. The molecule has 0 bridgehead atoms. The van der Waals surface area contributed by atoms with Gasteiger partial charge in [-0.3, -0.25) is 0 Å². The van der Waals surface area contributed by atoms with Crippen LogP contribution in [0.4, 0.5) is 0 Å². The van der Waals surface area contributed by atoms with Gasteiger partial charge in [-0.1, -0.05) is 419 Å². The van der Waals surface area contributed by atoms with Crippen LogP contribution in [0.25, 0.3) is 243 Å². The van der Waals surface area contributed by atoms with E-state index in [0.717, 1.165) is 93.5 Å². The van der Waals surface area contributed by atoms with Gasteiger partial charge in [0.05, 0.1) is 0 Å². The van der Waals surface area contributed by atoms with Crippen molar-refractivity contribution in [1.82, 2.24) is 44.9 Å². The Bertz CT molecular complexity index is 8520. The molecule has 0 unspecified atom stereocenters. The third kappa shape index (κ3) is 13.9. The Morgan fingerprint density at radius 1 is 0.0952 bits per heavy atom. The SMILES string of the molecule is c1ccc(-c2cccc(-c3nc(-c4ccccc4)nc(-c4cccc5c4ccc4c6ccccc6ccc54)n3)c2)cc1.c1ccc(-c2nc(-c3ccc4ccccc4c3)nc(-c3cccc4c3ccc3c5ccccc5ccc43)n2)cc1.c1ccc2cc(-c3nc(-c4ccc5ccccc5c4)nc(-c4cccc5c4ccc4c6ccccc6ccc54)n3)ccc2c1. The van der Waals surface area contributed by atoms with E-state index in [1.807, 2.05) is 66.7 Å². The number of rotatable bonds is 10. The molecule has 0 N–H and O–H groups in total. The van der Waals surface area contributed by atoms with E-state index in [1.54, 1.807) is 0 Å². The number of nitrogens with zero attached hydrogens (tertiary/aromatic N) is 9. The molecule has 22 aromatic carbocycles. The second-order valence-corrected chi connectivity index (χ2v) is 31.8. The van der Waals surface area contributed by atoms with Crippen molar-refractivity contribution in [3.63, 3.8) is 0 Å². The Morgan fingerprint density at radius 2 is 0.302 bits per heavy atom. The monoisotopic (exact) mass is 1600 g/mol. The highest BCUT2D eigenvalue weighted by Crippen LogP contribution is 2.42. The van der Waals surface area contributed by atoms with Crippen LogP contribution >= 0.6 is 0 Å². The average Bonchev–Trinajstić information content (AvgIpc) is 0.754. The summed E-state index contributed by atoms with van der Waals surface area (Å²) in [6.07, 6.45) is 0. The minimum atomic E-state index is 0.653. The Labute approximate surface area is 725 Å². The first kappa shape index (κ1) is 74.1. The van der Waals surface area contributed by atoms with Gasteiger partial charge >= 0.3 is 0 Å². The lowest BCUT2D eigenvalue weighted by Gasteiger charge is -2.13. The maximum Gasteiger partial charge on any atom is 0.164 e. The normalized spacial score (nSPS) is 11.5. The van der Waals surface area contributed by atoms with Crippen molar-refractivity contribution in [3.05, 3.63) is 443 Å². The molecule has 586 valence electrons. The van der Waals surface area contributed by atoms with Crippen LogP contribution in [-0.4, -0.2) is 44.9 Å². The smallest absolute Gasteiger partial charge is 0.164 e. The molecule has 0 fully saturated rings. The summed E-state index contributed by atoms with van der Waals surface area (Å²) >= 11 is 0. The van der Waals surface area contributed by atoms with Gasteiger partial charge in [0.2, 0.25) is 0 Å². The zero-order chi connectivity index (χ0) is 83.4. The lowest BCUT2D eigenvalue weighted by atomic mass is 9.95. The number of fused-ring (bicyclic) bond motifs is 18. The highest BCUT2D eigenvalue weighted by Gasteiger charge is 2.22. The van der Waals surface area contributed by atoms with Crippen LogP contribution in [-0.2, 0) is 0 Å². The molecule has 0 radical (unpaired) electrons. The van der Waals surface area contributed by atoms with Crippen LogP contribution in [0.2, 0.25) is 0 Å². The van der Waals surface area contributed by atoms with E-state index in [-0.39, 0.29) is 0 Å². The second-order valence-electron chi connectivity index (χ2n) is 31.8. The number of hydrogen-bond donors (Lipinski definition) is 0. The molecule has 9 heteroatoms. The lowest BCUT2D eigenvalue weighted by molar-refractivity contribution is 1.08. The summed E-state index contributed by atoms with van der Waals surface area (Å²) in [5, 5.41) is 28.9. The minimum Gasteiger partial charge on any atom is -0.208 e. The van der Waals surface area contributed by atoms with E-state index in [1.165, 1.54) is 97.0 Å². The van der Waals surface area contributed by atoms with Gasteiger partial charge in [-0.15, -0.1) is 0 Å². The van der Waals surface area contributed by atoms with Gasteiger partial charge in [-0.05, 0) is 165 Å². The molecule has 0 spiro atoms. The molecule has 9 nitrogen and oxygen atoms in total. The Hall–Kier alpha value is -17.0. The lowest BCUT2D eigenvalue weighted by Crippen LogP contribution is -2.00. The molecule has 126 heavy (non-hydrogen) atoms. The van der Waals surface area contributed by atoms with E-state index >= 15 is 0 Å². The first-order chi connectivity index (χ1) is 62.4. The predicted octanol–water partition coefficient (Wildman–Crippen LogP) is 30.1. The fourth-order valence-electron chi connectivity index (χ4n) is 18.0. The van der Waals surface area contributed by atoms with Gasteiger partial charge in [-0.2, -0.15) is 0 Å². The number of benzene rings is 22. The summed E-state index contributed by atoms with van der Waals surface area (Å²) < 4.78 is 0. The van der Waals surface area contributed by atoms with Crippen LogP contribution in [0, 0.1) is 0 Å². The molecule has 0 atom stereocenters. The van der Waals surface area contributed by atoms with Gasteiger partial charge in [-0.25, -0.2) is 44.9 Å². The van der Waals surface area contributed by atoms with E-state index in [2.05, 4.69) is 376 Å². The maximum atomic E-state index is 5.13. The fraction of sp³-hybridized carbons (Fsp3) is 0. The largest absolute Gasteiger partial charge is 0.208 e. The second kappa shape index (κ2) is 31.9. The summed E-state index contributed by atoms with van der Waals surface area (Å²) in [5.74, 6) is 5.95. The molecule has 0 aliphatic carbocycles. The van der Waals surface area contributed by atoms with Gasteiger partial charge < -0.3 is 0 Å². The number of hydrogen-bond acceptors (Lipinski definition) is 9. The minimum absolute atomic E-state index is 0.653. The predicted molar refractivity (Wildman–Crippen MR) is 524 cm³/mol. The molecule has 0 saturated heterocycles. The van der Waals surface area contributed by atoms with Crippen LogP contribution < -0.4 is 0 Å². The van der Waals surface area contributed by atoms with E-state index in [4.69, 9.17) is 44.9 Å². The van der Waals surface area contributed by atoms with Crippen molar-refractivity contribution in [3.8, 4) is 114 Å². The average molecular weight is 1600 g/mol. The van der Waals surface area contributed by atoms with Crippen molar-refractivity contribution in [1.29, 1.82) is 0 Å². The van der Waals surface area contributed by atoms with Gasteiger partial charge in [0, 0.05) is 50.1 Å². The molecule has 0 aliphatic rings. The first-order valence-corrected chi connectivity index (χ1v) is 42.5. The van der Waals surface area contributed by atoms with E-state index in [9.17, 15) is 0 Å². The van der Waals surface area contributed by atoms with Gasteiger partial charge in [0.15, 0.2) is 52.4 Å². The molecule has 0 amide bonds. The van der Waals surface area contributed by atoms with E-state index < -0.39 is 0 Å². The van der Waals surface area contributed by atoms with Crippen LogP contribution in [0.1, 0.15) is 0 Å². The molecule has 0 aliphatic heterocycles. The zero-order valence-corrected chi connectivity index (χ0v) is 68.2. The summed E-state index contributed by atoms with van der Waals surface area (Å²) in [4.78, 5) is 45.4. The maximum absolute atomic E-state index is 5.13. The Kier molecular flexibility index (Phi) is 18.7. The number of aromatic nitrogens is 9. The molecule has 25 aromatic rings. The van der Waals surface area contributed by atoms with Crippen molar-refractivity contribution >= 4 is 129 Å². The molecule has 25 rings (SSSR count). The third-order valence-electron chi connectivity index (χ3n) is 24.3. The van der Waals surface area contributed by atoms with Gasteiger partial charge in [0.1, 0.15) is 0 Å². The van der Waals surface area contributed by atoms with Crippen molar-refractivity contribution in [2.75, 3.05) is 0 Å².